The fraction of sp³-hybridized carbons (Fsp3) is 0.200. The molecule has 1 saturated heterocycles. The van der Waals surface area contributed by atoms with Crippen LogP contribution in [0.3, 0.4) is 0 Å². The SMILES string of the molecule is C=C=C=C=C=C=C=C=C=C=C=C.Cc1c(OCc2cc(CN3CCOCC3)c(N)s2)cccc1-c1ccccc1. The number of hydrogen-bond acceptors (Lipinski definition) is 5. The van der Waals surface area contributed by atoms with Crippen molar-refractivity contribution in [1.29, 1.82) is 0 Å². The Morgan fingerprint density at radius 1 is 0.875 bits per heavy atom. The number of nitrogens with two attached hydrogens (primary N) is 1. The Balaban J connectivity index is 0.000000312. The van der Waals surface area contributed by atoms with E-state index in [1.165, 1.54) is 16.7 Å². The van der Waals surface area contributed by atoms with Gasteiger partial charge in [-0.3, -0.25) is 4.90 Å². The average molecular weight is 543 g/mol. The Hall–Kier alpha value is -4.80. The van der Waals surface area contributed by atoms with Gasteiger partial charge in [0.25, 0.3) is 0 Å². The number of thiophene rings is 1. The van der Waals surface area contributed by atoms with Gasteiger partial charge in [-0.05, 0) is 94.8 Å². The Bertz CT molecular complexity index is 1620. The molecular formula is C35H30N2O2S. The number of ether oxygens (including phenoxy) is 2. The van der Waals surface area contributed by atoms with E-state index in [9.17, 15) is 0 Å². The van der Waals surface area contributed by atoms with E-state index < -0.39 is 0 Å². The molecule has 0 bridgehead atoms. The molecule has 2 heterocycles. The number of hydrogen-bond donors (Lipinski definition) is 1. The van der Waals surface area contributed by atoms with Gasteiger partial charge in [-0.2, -0.15) is 0 Å². The molecule has 1 aliphatic rings. The molecule has 0 atom stereocenters. The van der Waals surface area contributed by atoms with E-state index in [0.717, 1.165) is 54.0 Å². The molecule has 2 aromatic carbocycles. The van der Waals surface area contributed by atoms with Crippen LogP contribution in [0.5, 0.6) is 5.75 Å². The van der Waals surface area contributed by atoms with Gasteiger partial charge >= 0.3 is 0 Å². The Labute approximate surface area is 240 Å². The minimum Gasteiger partial charge on any atom is -0.488 e. The third-order valence-electron chi connectivity index (χ3n) is 5.74. The molecule has 198 valence electrons. The van der Waals surface area contributed by atoms with Crippen molar-refractivity contribution in [1.82, 2.24) is 4.90 Å². The number of anilines is 1. The smallest absolute Gasteiger partial charge is 0.123 e. The summed E-state index contributed by atoms with van der Waals surface area (Å²) in [6.07, 6.45) is 0. The lowest BCUT2D eigenvalue weighted by Gasteiger charge is -2.26. The van der Waals surface area contributed by atoms with E-state index in [1.54, 1.807) is 11.3 Å². The Kier molecular flexibility index (Phi) is 12.6. The van der Waals surface area contributed by atoms with Gasteiger partial charge in [-0.15, -0.1) is 11.3 Å². The highest BCUT2D eigenvalue weighted by Crippen LogP contribution is 2.32. The van der Waals surface area contributed by atoms with Crippen molar-refractivity contribution in [3.8, 4) is 16.9 Å². The molecular weight excluding hydrogens is 512 g/mol. The molecule has 0 amide bonds. The van der Waals surface area contributed by atoms with Crippen molar-refractivity contribution in [2.75, 3.05) is 32.0 Å². The summed E-state index contributed by atoms with van der Waals surface area (Å²) in [5, 5.41) is 0.889. The number of rotatable bonds is 6. The van der Waals surface area contributed by atoms with Crippen molar-refractivity contribution in [2.45, 2.75) is 20.1 Å². The first kappa shape index (κ1) is 29.8. The lowest BCUT2D eigenvalue weighted by atomic mass is 10.00. The van der Waals surface area contributed by atoms with Gasteiger partial charge in [0, 0.05) is 30.1 Å². The zero-order chi connectivity index (χ0) is 28.4. The molecule has 0 unspecified atom stereocenters. The molecule has 0 spiro atoms. The van der Waals surface area contributed by atoms with Gasteiger partial charge in [-0.1, -0.05) is 53.9 Å². The van der Waals surface area contributed by atoms with Crippen LogP contribution in [-0.4, -0.2) is 31.2 Å². The number of nitrogen functional groups attached to an aromatic ring is 1. The van der Waals surface area contributed by atoms with Crippen LogP contribution >= 0.6 is 11.3 Å². The average Bonchev–Trinajstić information content (AvgIpc) is 3.33. The quantitative estimate of drug-likeness (QED) is 0.339. The Morgan fingerprint density at radius 2 is 1.50 bits per heavy atom. The van der Waals surface area contributed by atoms with E-state index in [1.807, 2.05) is 12.1 Å². The molecule has 4 nitrogen and oxygen atoms in total. The first-order valence-electron chi connectivity index (χ1n) is 12.6. The fourth-order valence-electron chi connectivity index (χ4n) is 3.82. The van der Waals surface area contributed by atoms with Crippen LogP contribution in [0.1, 0.15) is 16.0 Å². The normalized spacial score (nSPS) is 11.5. The Morgan fingerprint density at radius 3 is 2.12 bits per heavy atom. The summed E-state index contributed by atoms with van der Waals surface area (Å²) in [7, 11) is 0. The van der Waals surface area contributed by atoms with E-state index in [4.69, 9.17) is 15.2 Å². The highest BCUT2D eigenvalue weighted by Gasteiger charge is 2.15. The molecule has 0 radical (unpaired) electrons. The van der Waals surface area contributed by atoms with Gasteiger partial charge in [0.15, 0.2) is 0 Å². The molecule has 40 heavy (non-hydrogen) atoms. The van der Waals surface area contributed by atoms with E-state index in [0.29, 0.717) is 6.61 Å². The first-order chi connectivity index (χ1) is 19.6. The van der Waals surface area contributed by atoms with Crippen molar-refractivity contribution in [3.63, 3.8) is 0 Å². The van der Waals surface area contributed by atoms with Crippen LogP contribution < -0.4 is 10.5 Å². The maximum Gasteiger partial charge on any atom is 0.123 e. The van der Waals surface area contributed by atoms with E-state index in [2.05, 4.69) is 125 Å². The third kappa shape index (κ3) is 9.82. The molecule has 5 heteroatoms. The summed E-state index contributed by atoms with van der Waals surface area (Å²) in [5.74, 6) is 0.919. The molecule has 1 aliphatic heterocycles. The first-order valence-corrected chi connectivity index (χ1v) is 13.4. The van der Waals surface area contributed by atoms with Crippen molar-refractivity contribution >= 4 is 16.3 Å². The topological polar surface area (TPSA) is 47.7 Å². The van der Waals surface area contributed by atoms with Gasteiger partial charge in [-0.25, -0.2) is 0 Å². The van der Waals surface area contributed by atoms with Crippen LogP contribution in [0.15, 0.2) is 125 Å². The van der Waals surface area contributed by atoms with Crippen molar-refractivity contribution in [3.05, 3.63) is 141 Å². The summed E-state index contributed by atoms with van der Waals surface area (Å²) in [6, 6.07) is 18.8. The molecule has 1 fully saturated rings. The van der Waals surface area contributed by atoms with Crippen LogP contribution in [0.25, 0.3) is 11.1 Å². The summed E-state index contributed by atoms with van der Waals surface area (Å²) in [5.41, 5.74) is 35.5. The molecule has 0 aliphatic carbocycles. The molecule has 4 rings (SSSR count). The van der Waals surface area contributed by atoms with Gasteiger partial charge in [0.2, 0.25) is 0 Å². The largest absolute Gasteiger partial charge is 0.488 e. The van der Waals surface area contributed by atoms with Gasteiger partial charge in [0.1, 0.15) is 12.4 Å². The maximum atomic E-state index is 6.26. The number of benzene rings is 2. The summed E-state index contributed by atoms with van der Waals surface area (Å²) in [6.45, 7) is 13.6. The summed E-state index contributed by atoms with van der Waals surface area (Å²) >= 11 is 1.62. The second kappa shape index (κ2) is 16.9. The predicted octanol–water partition coefficient (Wildman–Crippen LogP) is 7.07. The van der Waals surface area contributed by atoms with Crippen molar-refractivity contribution in [2.24, 2.45) is 0 Å². The fourth-order valence-corrected chi connectivity index (χ4v) is 4.68. The zero-order valence-corrected chi connectivity index (χ0v) is 23.4. The van der Waals surface area contributed by atoms with Crippen molar-refractivity contribution < 1.29 is 9.47 Å². The lowest BCUT2D eigenvalue weighted by Crippen LogP contribution is -2.35. The summed E-state index contributed by atoms with van der Waals surface area (Å²) in [4.78, 5) is 3.55. The third-order valence-corrected chi connectivity index (χ3v) is 6.72. The molecule has 3 aromatic rings. The highest BCUT2D eigenvalue weighted by molar-refractivity contribution is 7.16. The predicted molar refractivity (Wildman–Crippen MR) is 162 cm³/mol. The van der Waals surface area contributed by atoms with Crippen LogP contribution in [0.2, 0.25) is 0 Å². The standard InChI is InChI=1S/C23H26N2O2S.C12H4/c1-17-21(18-6-3-2-4-7-18)8-5-9-22(17)27-16-20-14-19(23(24)28-20)15-25-10-12-26-13-11-25;1-3-5-7-9-11-12-10-8-6-4-2/h2-9,14H,10-13,15-16,24H2,1H3;1-2H2. The minimum absolute atomic E-state index is 0.539. The van der Waals surface area contributed by atoms with Crippen LogP contribution in [-0.2, 0) is 17.9 Å². The zero-order valence-electron chi connectivity index (χ0n) is 22.6. The van der Waals surface area contributed by atoms with Gasteiger partial charge in [0.05, 0.1) is 18.2 Å². The highest BCUT2D eigenvalue weighted by atomic mass is 32.1. The summed E-state index contributed by atoms with van der Waals surface area (Å²) < 4.78 is 11.6. The monoisotopic (exact) mass is 542 g/mol. The van der Waals surface area contributed by atoms with E-state index in [-0.39, 0.29) is 0 Å². The van der Waals surface area contributed by atoms with Crippen LogP contribution in [0, 0.1) is 6.92 Å². The van der Waals surface area contributed by atoms with E-state index >= 15 is 0 Å². The lowest BCUT2D eigenvalue weighted by molar-refractivity contribution is 0.0343. The molecule has 1 aromatic heterocycles. The second-order valence-corrected chi connectivity index (χ2v) is 9.60. The van der Waals surface area contributed by atoms with Gasteiger partial charge < -0.3 is 15.2 Å². The second-order valence-electron chi connectivity index (χ2n) is 8.43. The number of nitrogens with zero attached hydrogens (tertiary/aromatic N) is 1. The number of morpholine rings is 1. The molecule has 0 saturated carbocycles. The van der Waals surface area contributed by atoms with Crippen LogP contribution in [0.4, 0.5) is 5.00 Å². The minimum atomic E-state index is 0.539. The molecule has 2 N–H and O–H groups in total. The maximum absolute atomic E-state index is 6.26.